The molecule has 0 bridgehead atoms. The lowest BCUT2D eigenvalue weighted by Gasteiger charge is -2.06. The Kier molecular flexibility index (Phi) is 2.59. The van der Waals surface area contributed by atoms with Crippen molar-refractivity contribution in [3.63, 3.8) is 0 Å². The average molecular weight is 180 g/mol. The Morgan fingerprint density at radius 2 is 2.23 bits per heavy atom. The van der Waals surface area contributed by atoms with Crippen molar-refractivity contribution in [2.75, 3.05) is 0 Å². The van der Waals surface area contributed by atoms with E-state index in [2.05, 4.69) is 4.98 Å². The van der Waals surface area contributed by atoms with Crippen molar-refractivity contribution < 1.29 is 14.7 Å². The summed E-state index contributed by atoms with van der Waals surface area (Å²) in [4.78, 5) is 25.1. The van der Waals surface area contributed by atoms with Crippen molar-refractivity contribution in [2.45, 2.75) is 5.92 Å². The maximum absolute atomic E-state index is 10.8. The van der Waals surface area contributed by atoms with Crippen LogP contribution in [0.15, 0.2) is 24.5 Å². The zero-order chi connectivity index (χ0) is 9.84. The van der Waals surface area contributed by atoms with Crippen LogP contribution < -0.4 is 5.73 Å². The molecular formula is C8H8N2O3. The summed E-state index contributed by atoms with van der Waals surface area (Å²) in [6.07, 6.45) is 2.80. The fourth-order valence-electron chi connectivity index (χ4n) is 0.975. The second-order valence-electron chi connectivity index (χ2n) is 2.46. The number of primary amides is 1. The first-order valence-electron chi connectivity index (χ1n) is 3.55. The number of carbonyl (C=O) groups is 2. The summed E-state index contributed by atoms with van der Waals surface area (Å²) in [6.45, 7) is 0. The van der Waals surface area contributed by atoms with E-state index >= 15 is 0 Å². The van der Waals surface area contributed by atoms with Crippen LogP contribution in [0.5, 0.6) is 0 Å². The molecule has 0 aromatic carbocycles. The third-order valence-corrected chi connectivity index (χ3v) is 1.55. The lowest BCUT2D eigenvalue weighted by molar-refractivity contribution is -0.142. The van der Waals surface area contributed by atoms with E-state index in [9.17, 15) is 9.59 Å². The fraction of sp³-hybridized carbons (Fsp3) is 0.125. The molecule has 5 nitrogen and oxygen atoms in total. The molecule has 1 aromatic heterocycles. The van der Waals surface area contributed by atoms with E-state index < -0.39 is 17.8 Å². The van der Waals surface area contributed by atoms with Crippen LogP contribution in [0.1, 0.15) is 11.5 Å². The topological polar surface area (TPSA) is 93.3 Å². The summed E-state index contributed by atoms with van der Waals surface area (Å²) in [5.74, 6) is -3.46. The molecule has 0 aliphatic carbocycles. The monoisotopic (exact) mass is 180 g/mol. The van der Waals surface area contributed by atoms with Gasteiger partial charge in [0.15, 0.2) is 5.92 Å². The maximum atomic E-state index is 10.8. The molecule has 0 aliphatic heterocycles. The zero-order valence-electron chi connectivity index (χ0n) is 6.68. The highest BCUT2D eigenvalue weighted by Gasteiger charge is 2.25. The second kappa shape index (κ2) is 3.66. The highest BCUT2D eigenvalue weighted by atomic mass is 16.4. The molecule has 0 saturated heterocycles. The van der Waals surface area contributed by atoms with Crippen LogP contribution >= 0.6 is 0 Å². The Bertz CT molecular complexity index is 309. The molecule has 1 rings (SSSR count). The van der Waals surface area contributed by atoms with Crippen LogP contribution in [0.4, 0.5) is 0 Å². The molecule has 68 valence electrons. The number of rotatable bonds is 3. The van der Waals surface area contributed by atoms with Gasteiger partial charge in [0.2, 0.25) is 5.91 Å². The molecule has 5 heteroatoms. The summed E-state index contributed by atoms with van der Waals surface area (Å²) in [5, 5.41) is 8.67. The Balaban J connectivity index is 3.03. The number of hydrogen-bond donors (Lipinski definition) is 2. The van der Waals surface area contributed by atoms with Crippen molar-refractivity contribution >= 4 is 11.9 Å². The fourth-order valence-corrected chi connectivity index (χ4v) is 0.975. The average Bonchev–Trinajstić information content (AvgIpc) is 2.04. The van der Waals surface area contributed by atoms with Gasteiger partial charge in [0.05, 0.1) is 0 Å². The first-order valence-corrected chi connectivity index (χ1v) is 3.55. The van der Waals surface area contributed by atoms with Gasteiger partial charge in [-0.3, -0.25) is 14.6 Å². The van der Waals surface area contributed by atoms with Crippen LogP contribution in [-0.2, 0) is 9.59 Å². The molecule has 1 unspecified atom stereocenters. The minimum absolute atomic E-state index is 0.294. The lowest BCUT2D eigenvalue weighted by atomic mass is 10.0. The Labute approximate surface area is 74.2 Å². The third kappa shape index (κ3) is 2.02. The molecule has 0 fully saturated rings. The summed E-state index contributed by atoms with van der Waals surface area (Å²) in [7, 11) is 0. The van der Waals surface area contributed by atoms with Gasteiger partial charge < -0.3 is 10.8 Å². The summed E-state index contributed by atoms with van der Waals surface area (Å²) >= 11 is 0. The number of carboxylic acids is 1. The molecule has 1 atom stereocenters. The number of carboxylic acid groups (broad SMARTS) is 1. The van der Waals surface area contributed by atoms with E-state index in [0.29, 0.717) is 5.56 Å². The van der Waals surface area contributed by atoms with Crippen molar-refractivity contribution in [1.29, 1.82) is 0 Å². The number of aliphatic carboxylic acids is 1. The molecule has 1 amide bonds. The van der Waals surface area contributed by atoms with E-state index in [1.807, 2.05) is 0 Å². The Morgan fingerprint density at radius 1 is 1.54 bits per heavy atom. The highest BCUT2D eigenvalue weighted by Crippen LogP contribution is 2.13. The van der Waals surface area contributed by atoms with Crippen LogP contribution in [0.2, 0.25) is 0 Å². The van der Waals surface area contributed by atoms with Gasteiger partial charge in [0.1, 0.15) is 0 Å². The lowest BCUT2D eigenvalue weighted by Crippen LogP contribution is -2.28. The highest BCUT2D eigenvalue weighted by molar-refractivity contribution is 6.01. The smallest absolute Gasteiger partial charge is 0.320 e. The molecular weight excluding hydrogens is 172 g/mol. The number of amides is 1. The first-order chi connectivity index (χ1) is 6.13. The van der Waals surface area contributed by atoms with Gasteiger partial charge in [0.25, 0.3) is 0 Å². The molecule has 13 heavy (non-hydrogen) atoms. The van der Waals surface area contributed by atoms with Crippen molar-refractivity contribution in [3.8, 4) is 0 Å². The van der Waals surface area contributed by atoms with Gasteiger partial charge in [-0.1, -0.05) is 6.07 Å². The molecule has 0 saturated carbocycles. The minimum Gasteiger partial charge on any atom is -0.480 e. The normalized spacial score (nSPS) is 12.0. The van der Waals surface area contributed by atoms with Crippen molar-refractivity contribution in [1.82, 2.24) is 4.98 Å². The van der Waals surface area contributed by atoms with E-state index in [1.54, 1.807) is 6.07 Å². The Hall–Kier alpha value is -1.91. The summed E-state index contributed by atoms with van der Waals surface area (Å²) in [6, 6.07) is 3.05. The zero-order valence-corrected chi connectivity index (χ0v) is 6.68. The standard InChI is InChI=1S/C8H8N2O3/c9-7(11)6(8(12)13)5-2-1-3-10-4-5/h1-4,6H,(H2,9,11)(H,12,13). The van der Waals surface area contributed by atoms with Gasteiger partial charge in [-0.2, -0.15) is 0 Å². The molecule has 1 heterocycles. The van der Waals surface area contributed by atoms with E-state index in [4.69, 9.17) is 10.8 Å². The number of aromatic nitrogens is 1. The maximum Gasteiger partial charge on any atom is 0.320 e. The van der Waals surface area contributed by atoms with E-state index in [0.717, 1.165) is 0 Å². The largest absolute Gasteiger partial charge is 0.480 e. The second-order valence-corrected chi connectivity index (χ2v) is 2.46. The molecule has 3 N–H and O–H groups in total. The molecule has 0 aliphatic rings. The van der Waals surface area contributed by atoms with Crippen LogP contribution in [0.25, 0.3) is 0 Å². The summed E-state index contributed by atoms with van der Waals surface area (Å²) < 4.78 is 0. The summed E-state index contributed by atoms with van der Waals surface area (Å²) in [5.41, 5.74) is 5.22. The molecule has 0 spiro atoms. The van der Waals surface area contributed by atoms with Gasteiger partial charge in [0, 0.05) is 12.4 Å². The predicted octanol–water partition coefficient (Wildman–Crippen LogP) is -0.265. The van der Waals surface area contributed by atoms with E-state index in [1.165, 1.54) is 18.5 Å². The Morgan fingerprint density at radius 3 is 2.62 bits per heavy atom. The van der Waals surface area contributed by atoms with Crippen LogP contribution in [-0.4, -0.2) is 22.0 Å². The van der Waals surface area contributed by atoms with Gasteiger partial charge >= 0.3 is 5.97 Å². The molecule has 1 aromatic rings. The number of nitrogens with two attached hydrogens (primary N) is 1. The number of carbonyl (C=O) groups excluding carboxylic acids is 1. The first kappa shape index (κ1) is 9.18. The van der Waals surface area contributed by atoms with Crippen molar-refractivity contribution in [2.24, 2.45) is 5.73 Å². The van der Waals surface area contributed by atoms with Gasteiger partial charge in [-0.05, 0) is 11.6 Å². The quantitative estimate of drug-likeness (QED) is 0.626. The van der Waals surface area contributed by atoms with Crippen LogP contribution in [0, 0.1) is 0 Å². The predicted molar refractivity (Wildman–Crippen MR) is 43.8 cm³/mol. The van der Waals surface area contributed by atoms with Crippen LogP contribution in [0.3, 0.4) is 0 Å². The van der Waals surface area contributed by atoms with Gasteiger partial charge in [-0.25, -0.2) is 0 Å². The van der Waals surface area contributed by atoms with Crippen molar-refractivity contribution in [3.05, 3.63) is 30.1 Å². The SMILES string of the molecule is NC(=O)C(C(=O)O)c1cccnc1. The van der Waals surface area contributed by atoms with Gasteiger partial charge in [-0.15, -0.1) is 0 Å². The number of pyridine rings is 1. The molecule has 0 radical (unpaired) electrons. The third-order valence-electron chi connectivity index (χ3n) is 1.55. The minimum atomic E-state index is -1.31. The van der Waals surface area contributed by atoms with E-state index in [-0.39, 0.29) is 0 Å². The number of hydrogen-bond acceptors (Lipinski definition) is 3. The number of nitrogens with zero attached hydrogens (tertiary/aromatic N) is 1.